The summed E-state index contributed by atoms with van der Waals surface area (Å²) >= 11 is 6.19. The number of aromatic nitrogens is 2. The van der Waals surface area contributed by atoms with Crippen molar-refractivity contribution >= 4 is 11.6 Å². The van der Waals surface area contributed by atoms with E-state index in [1.54, 1.807) is 7.11 Å². The van der Waals surface area contributed by atoms with Crippen molar-refractivity contribution in [2.75, 3.05) is 14.2 Å². The van der Waals surface area contributed by atoms with Crippen LogP contribution in [-0.4, -0.2) is 24.3 Å². The molecule has 1 heterocycles. The lowest BCUT2D eigenvalue weighted by Crippen LogP contribution is -2.06. The average molecular weight is 284 g/mol. The number of hydrogen-bond acceptors (Lipinski definition) is 6. The molecule has 0 saturated heterocycles. The van der Waals surface area contributed by atoms with E-state index in [2.05, 4.69) is 20.0 Å². The number of ether oxygens (including phenoxy) is 2. The molecule has 1 aromatic carbocycles. The predicted octanol–water partition coefficient (Wildman–Crippen LogP) is 2.03. The van der Waals surface area contributed by atoms with Crippen molar-refractivity contribution in [2.24, 2.45) is 0 Å². The Morgan fingerprint density at radius 1 is 1.42 bits per heavy atom. The van der Waals surface area contributed by atoms with Gasteiger partial charge in [-0.2, -0.15) is 4.98 Å². The Labute approximate surface area is 115 Å². The first-order chi connectivity index (χ1) is 9.24. The van der Waals surface area contributed by atoms with Crippen molar-refractivity contribution in [1.82, 2.24) is 15.5 Å². The van der Waals surface area contributed by atoms with Crippen LogP contribution in [0.15, 0.2) is 23.0 Å². The van der Waals surface area contributed by atoms with Crippen molar-refractivity contribution < 1.29 is 14.0 Å². The number of rotatable bonds is 6. The zero-order valence-electron chi connectivity index (χ0n) is 10.6. The van der Waals surface area contributed by atoms with Crippen molar-refractivity contribution in [3.63, 3.8) is 0 Å². The van der Waals surface area contributed by atoms with Gasteiger partial charge in [-0.15, -0.1) is 0 Å². The van der Waals surface area contributed by atoms with E-state index in [4.69, 9.17) is 21.1 Å². The number of hydrogen-bond donors (Lipinski definition) is 1. The molecule has 1 aromatic heterocycles. The van der Waals surface area contributed by atoms with Gasteiger partial charge < -0.3 is 19.3 Å². The molecule has 2 aromatic rings. The Morgan fingerprint density at radius 2 is 2.26 bits per heavy atom. The third kappa shape index (κ3) is 3.36. The summed E-state index contributed by atoms with van der Waals surface area (Å²) < 4.78 is 15.5. The fourth-order valence-electron chi connectivity index (χ4n) is 1.61. The minimum atomic E-state index is 0.165. The van der Waals surface area contributed by atoms with E-state index in [0.717, 1.165) is 5.56 Å². The Morgan fingerprint density at radius 3 is 2.89 bits per heavy atom. The Balaban J connectivity index is 2.18. The van der Waals surface area contributed by atoms with E-state index in [-0.39, 0.29) is 6.61 Å². The van der Waals surface area contributed by atoms with Crippen LogP contribution >= 0.6 is 11.6 Å². The summed E-state index contributed by atoms with van der Waals surface area (Å²) in [5.41, 5.74) is 1.01. The van der Waals surface area contributed by atoms with Gasteiger partial charge in [0.05, 0.1) is 12.1 Å². The topological polar surface area (TPSA) is 69.4 Å². The fourth-order valence-corrected chi connectivity index (χ4v) is 1.90. The molecule has 102 valence electrons. The third-order valence-corrected chi connectivity index (χ3v) is 2.70. The van der Waals surface area contributed by atoms with Crippen molar-refractivity contribution in [1.29, 1.82) is 0 Å². The second kappa shape index (κ2) is 6.40. The number of benzene rings is 1. The molecule has 0 spiro atoms. The quantitative estimate of drug-likeness (QED) is 0.875. The molecule has 0 aliphatic heterocycles. The maximum absolute atomic E-state index is 6.19. The SMILES string of the molecule is CNCc1cc(Cl)c(OCc2ncon2)c(OC)c1. The molecule has 0 atom stereocenters. The maximum atomic E-state index is 6.19. The third-order valence-electron chi connectivity index (χ3n) is 2.42. The molecule has 7 heteroatoms. The lowest BCUT2D eigenvalue weighted by atomic mass is 10.2. The van der Waals surface area contributed by atoms with E-state index in [0.29, 0.717) is 28.9 Å². The molecule has 2 rings (SSSR count). The fraction of sp³-hybridized carbons (Fsp3) is 0.333. The second-order valence-electron chi connectivity index (χ2n) is 3.78. The van der Waals surface area contributed by atoms with Crippen LogP contribution in [0.5, 0.6) is 11.5 Å². The lowest BCUT2D eigenvalue weighted by Gasteiger charge is -2.13. The first kappa shape index (κ1) is 13.6. The van der Waals surface area contributed by atoms with E-state index < -0.39 is 0 Å². The summed E-state index contributed by atoms with van der Waals surface area (Å²) in [5.74, 6) is 1.48. The van der Waals surface area contributed by atoms with Crippen LogP contribution in [-0.2, 0) is 13.2 Å². The van der Waals surface area contributed by atoms with E-state index >= 15 is 0 Å². The number of nitrogens with zero attached hydrogens (tertiary/aromatic N) is 2. The molecular weight excluding hydrogens is 270 g/mol. The number of halogens is 1. The van der Waals surface area contributed by atoms with E-state index in [1.807, 2.05) is 19.2 Å². The zero-order chi connectivity index (χ0) is 13.7. The Hall–Kier alpha value is -1.79. The first-order valence-corrected chi connectivity index (χ1v) is 6.01. The molecule has 6 nitrogen and oxygen atoms in total. The smallest absolute Gasteiger partial charge is 0.213 e. The van der Waals surface area contributed by atoms with E-state index in [1.165, 1.54) is 6.39 Å². The number of nitrogens with one attached hydrogen (secondary N) is 1. The van der Waals surface area contributed by atoms with Crippen LogP contribution in [0.1, 0.15) is 11.4 Å². The highest BCUT2D eigenvalue weighted by Crippen LogP contribution is 2.36. The average Bonchev–Trinajstić information content (AvgIpc) is 2.90. The Bertz CT molecular complexity index is 531. The summed E-state index contributed by atoms with van der Waals surface area (Å²) in [6.45, 7) is 0.860. The van der Waals surface area contributed by atoms with Gasteiger partial charge in [0.25, 0.3) is 0 Å². The van der Waals surface area contributed by atoms with Crippen LogP contribution < -0.4 is 14.8 Å². The molecule has 1 N–H and O–H groups in total. The predicted molar refractivity (Wildman–Crippen MR) is 69.4 cm³/mol. The number of methoxy groups -OCH3 is 1. The van der Waals surface area contributed by atoms with Crippen LogP contribution in [0.25, 0.3) is 0 Å². The standard InChI is InChI=1S/C12H14ClN3O3/c1-14-5-8-3-9(13)12(10(4-8)17-2)18-6-11-15-7-19-16-11/h3-4,7,14H,5-6H2,1-2H3. The van der Waals surface area contributed by atoms with Crippen LogP contribution in [0.4, 0.5) is 0 Å². The molecule has 0 saturated carbocycles. The van der Waals surface area contributed by atoms with Gasteiger partial charge in [-0.3, -0.25) is 0 Å². The molecule has 0 amide bonds. The highest BCUT2D eigenvalue weighted by atomic mass is 35.5. The van der Waals surface area contributed by atoms with Crippen LogP contribution in [0.3, 0.4) is 0 Å². The highest BCUT2D eigenvalue weighted by Gasteiger charge is 2.13. The van der Waals surface area contributed by atoms with Crippen molar-refractivity contribution in [3.8, 4) is 11.5 Å². The normalized spacial score (nSPS) is 10.5. The minimum Gasteiger partial charge on any atom is -0.493 e. The minimum absolute atomic E-state index is 0.165. The molecule has 0 aliphatic rings. The van der Waals surface area contributed by atoms with Gasteiger partial charge in [0.1, 0.15) is 0 Å². The van der Waals surface area contributed by atoms with Gasteiger partial charge >= 0.3 is 0 Å². The molecule has 0 fully saturated rings. The summed E-state index contributed by atoms with van der Waals surface area (Å²) in [4.78, 5) is 3.87. The van der Waals surface area contributed by atoms with Crippen LogP contribution in [0, 0.1) is 0 Å². The molecule has 19 heavy (non-hydrogen) atoms. The molecule has 0 aliphatic carbocycles. The van der Waals surface area contributed by atoms with Gasteiger partial charge in [0.15, 0.2) is 18.1 Å². The summed E-state index contributed by atoms with van der Waals surface area (Å²) in [5, 5.41) is 7.19. The van der Waals surface area contributed by atoms with Gasteiger partial charge in [-0.1, -0.05) is 16.8 Å². The molecule has 0 unspecified atom stereocenters. The van der Waals surface area contributed by atoms with Gasteiger partial charge in [0, 0.05) is 6.54 Å². The largest absolute Gasteiger partial charge is 0.493 e. The molecule has 0 radical (unpaired) electrons. The molecule has 0 bridgehead atoms. The first-order valence-electron chi connectivity index (χ1n) is 5.63. The van der Waals surface area contributed by atoms with Crippen molar-refractivity contribution in [3.05, 3.63) is 34.9 Å². The summed E-state index contributed by atoms with van der Waals surface area (Å²) in [6.07, 6.45) is 1.24. The maximum Gasteiger partial charge on any atom is 0.213 e. The molecular formula is C12H14ClN3O3. The zero-order valence-corrected chi connectivity index (χ0v) is 11.4. The van der Waals surface area contributed by atoms with Crippen molar-refractivity contribution in [2.45, 2.75) is 13.2 Å². The van der Waals surface area contributed by atoms with Crippen LogP contribution in [0.2, 0.25) is 5.02 Å². The highest BCUT2D eigenvalue weighted by molar-refractivity contribution is 6.32. The Kier molecular flexibility index (Phi) is 4.59. The monoisotopic (exact) mass is 283 g/mol. The second-order valence-corrected chi connectivity index (χ2v) is 4.18. The summed E-state index contributed by atoms with van der Waals surface area (Å²) in [6, 6.07) is 3.69. The van der Waals surface area contributed by atoms with Gasteiger partial charge in [-0.25, -0.2) is 0 Å². The van der Waals surface area contributed by atoms with Gasteiger partial charge in [0.2, 0.25) is 12.2 Å². The van der Waals surface area contributed by atoms with Gasteiger partial charge in [-0.05, 0) is 24.7 Å². The van der Waals surface area contributed by atoms with E-state index in [9.17, 15) is 0 Å². The summed E-state index contributed by atoms with van der Waals surface area (Å²) in [7, 11) is 3.43. The lowest BCUT2D eigenvalue weighted by molar-refractivity contribution is 0.270.